The predicted molar refractivity (Wildman–Crippen MR) is 106 cm³/mol. The van der Waals surface area contributed by atoms with Crippen molar-refractivity contribution < 1.29 is 9.53 Å². The molecular weight excluding hydrogens is 322 g/mol. The summed E-state index contributed by atoms with van der Waals surface area (Å²) in [6.45, 7) is 2.54. The van der Waals surface area contributed by atoms with Gasteiger partial charge in [0, 0.05) is 21.9 Å². The minimum Gasteiger partial charge on any atom is -0.462 e. The van der Waals surface area contributed by atoms with E-state index in [1.54, 1.807) is 0 Å². The van der Waals surface area contributed by atoms with Gasteiger partial charge in [-0.25, -0.2) is 4.79 Å². The Kier molecular flexibility index (Phi) is 4.44. The molecule has 0 spiro atoms. The fraction of sp³-hybridized carbons (Fsp3) is 0.174. The van der Waals surface area contributed by atoms with Crippen molar-refractivity contribution in [1.82, 2.24) is 4.98 Å². The number of fused-ring (bicyclic) bond motifs is 3. The maximum Gasteiger partial charge on any atom is 0.338 e. The van der Waals surface area contributed by atoms with Gasteiger partial charge in [0.05, 0.1) is 17.7 Å². The van der Waals surface area contributed by atoms with E-state index in [9.17, 15) is 4.79 Å². The van der Waals surface area contributed by atoms with Crippen molar-refractivity contribution in [3.63, 3.8) is 0 Å². The molecule has 0 saturated heterocycles. The lowest BCUT2D eigenvalue weighted by molar-refractivity contribution is 0.0500. The Labute approximate surface area is 152 Å². The number of H-pyrrole nitrogens is 1. The Morgan fingerprint density at radius 3 is 2.54 bits per heavy atom. The molecule has 0 aliphatic rings. The Hall–Kier alpha value is -3.07. The van der Waals surface area contributed by atoms with E-state index in [0.29, 0.717) is 12.2 Å². The molecule has 1 aromatic heterocycles. The maximum absolute atomic E-state index is 12.6. The molecule has 1 N–H and O–H groups in total. The molecule has 0 saturated carbocycles. The van der Waals surface area contributed by atoms with Crippen molar-refractivity contribution in [3.8, 4) is 11.1 Å². The first-order chi connectivity index (χ1) is 12.8. The highest BCUT2D eigenvalue weighted by atomic mass is 16.5. The highest BCUT2D eigenvalue weighted by Crippen LogP contribution is 2.34. The number of para-hydroxylation sites is 1. The number of aromatic nitrogens is 1. The second-order valence-electron chi connectivity index (χ2n) is 6.47. The molecule has 3 aromatic carbocycles. The smallest absolute Gasteiger partial charge is 0.338 e. The van der Waals surface area contributed by atoms with Crippen molar-refractivity contribution in [3.05, 3.63) is 72.3 Å². The number of carbonyl (C=O) groups is 1. The van der Waals surface area contributed by atoms with Crippen molar-refractivity contribution in [2.75, 3.05) is 6.61 Å². The second-order valence-corrected chi connectivity index (χ2v) is 6.47. The quantitative estimate of drug-likeness (QED) is 0.360. The lowest BCUT2D eigenvalue weighted by atomic mass is 9.99. The number of unbranched alkanes of at least 4 members (excludes halogenated alkanes) is 1. The number of hydrogen-bond acceptors (Lipinski definition) is 2. The first-order valence-electron chi connectivity index (χ1n) is 9.05. The predicted octanol–water partition coefficient (Wildman–Crippen LogP) is 5.95. The fourth-order valence-corrected chi connectivity index (χ4v) is 3.31. The molecule has 0 aliphatic carbocycles. The van der Waals surface area contributed by atoms with Gasteiger partial charge >= 0.3 is 5.97 Å². The van der Waals surface area contributed by atoms with Crippen LogP contribution < -0.4 is 0 Å². The van der Waals surface area contributed by atoms with Crippen LogP contribution in [0.1, 0.15) is 30.1 Å². The van der Waals surface area contributed by atoms with E-state index in [-0.39, 0.29) is 5.97 Å². The van der Waals surface area contributed by atoms with Crippen LogP contribution in [0.4, 0.5) is 0 Å². The zero-order valence-electron chi connectivity index (χ0n) is 14.8. The van der Waals surface area contributed by atoms with Crippen LogP contribution >= 0.6 is 0 Å². The average Bonchev–Trinajstić information content (AvgIpc) is 3.06. The maximum atomic E-state index is 12.6. The number of ether oxygens (including phenoxy) is 1. The highest BCUT2D eigenvalue weighted by molar-refractivity contribution is 6.14. The monoisotopic (exact) mass is 343 g/mol. The number of carbonyl (C=O) groups excluding carboxylic acids is 1. The average molecular weight is 343 g/mol. The van der Waals surface area contributed by atoms with Gasteiger partial charge in [0.1, 0.15) is 0 Å². The van der Waals surface area contributed by atoms with Gasteiger partial charge in [0.25, 0.3) is 0 Å². The summed E-state index contributed by atoms with van der Waals surface area (Å²) >= 11 is 0. The third-order valence-electron chi connectivity index (χ3n) is 4.67. The molecule has 130 valence electrons. The molecule has 0 bridgehead atoms. The van der Waals surface area contributed by atoms with Crippen LogP contribution in [0, 0.1) is 0 Å². The van der Waals surface area contributed by atoms with E-state index < -0.39 is 0 Å². The number of aromatic amines is 1. The van der Waals surface area contributed by atoms with Crippen LogP contribution in [0.2, 0.25) is 0 Å². The largest absolute Gasteiger partial charge is 0.462 e. The highest BCUT2D eigenvalue weighted by Gasteiger charge is 2.16. The zero-order valence-corrected chi connectivity index (χ0v) is 14.8. The fourth-order valence-electron chi connectivity index (χ4n) is 3.31. The Bertz CT molecular complexity index is 1060. The van der Waals surface area contributed by atoms with E-state index in [0.717, 1.165) is 45.8 Å². The van der Waals surface area contributed by atoms with Crippen LogP contribution in [-0.4, -0.2) is 17.6 Å². The third kappa shape index (κ3) is 2.97. The molecule has 3 nitrogen and oxygen atoms in total. The first kappa shape index (κ1) is 16.4. The van der Waals surface area contributed by atoms with Crippen molar-refractivity contribution >= 4 is 27.8 Å². The molecule has 0 unspecified atom stereocenters. The standard InChI is InChI=1S/C23H21NO2/c1-2-3-13-26-23(25)17-14-19(16-9-5-4-6-10-16)22-20(15-17)18-11-7-8-12-21(18)24-22/h4-12,14-15,24H,2-3,13H2,1H3. The zero-order chi connectivity index (χ0) is 17.9. The summed E-state index contributed by atoms with van der Waals surface area (Å²) in [5.41, 5.74) is 4.80. The minimum absolute atomic E-state index is 0.261. The van der Waals surface area contributed by atoms with Crippen LogP contribution in [0.3, 0.4) is 0 Å². The summed E-state index contributed by atoms with van der Waals surface area (Å²) in [5.74, 6) is -0.261. The van der Waals surface area contributed by atoms with Gasteiger partial charge in [-0.15, -0.1) is 0 Å². The minimum atomic E-state index is -0.261. The van der Waals surface area contributed by atoms with Gasteiger partial charge in [-0.1, -0.05) is 61.9 Å². The van der Waals surface area contributed by atoms with Crippen LogP contribution in [0.5, 0.6) is 0 Å². The first-order valence-corrected chi connectivity index (χ1v) is 9.05. The van der Waals surface area contributed by atoms with Gasteiger partial charge < -0.3 is 9.72 Å². The Morgan fingerprint density at radius 1 is 0.962 bits per heavy atom. The molecule has 0 amide bonds. The normalized spacial score (nSPS) is 11.1. The Morgan fingerprint density at radius 2 is 1.73 bits per heavy atom. The van der Waals surface area contributed by atoms with Gasteiger partial charge in [-0.3, -0.25) is 0 Å². The van der Waals surface area contributed by atoms with Crippen molar-refractivity contribution in [2.24, 2.45) is 0 Å². The van der Waals surface area contributed by atoms with E-state index >= 15 is 0 Å². The molecule has 0 atom stereocenters. The molecular formula is C23H21NO2. The van der Waals surface area contributed by atoms with Gasteiger partial charge in [-0.2, -0.15) is 0 Å². The number of nitrogens with one attached hydrogen (secondary N) is 1. The van der Waals surface area contributed by atoms with E-state index in [4.69, 9.17) is 4.74 Å². The van der Waals surface area contributed by atoms with Crippen LogP contribution in [-0.2, 0) is 4.74 Å². The summed E-state index contributed by atoms with van der Waals surface area (Å²) in [4.78, 5) is 16.1. The lowest BCUT2D eigenvalue weighted by Gasteiger charge is -2.09. The molecule has 3 heteroatoms. The third-order valence-corrected chi connectivity index (χ3v) is 4.67. The number of esters is 1. The van der Waals surface area contributed by atoms with Crippen molar-refractivity contribution in [2.45, 2.75) is 19.8 Å². The van der Waals surface area contributed by atoms with Gasteiger partial charge in [0.2, 0.25) is 0 Å². The van der Waals surface area contributed by atoms with Crippen LogP contribution in [0.15, 0.2) is 66.7 Å². The summed E-state index contributed by atoms with van der Waals surface area (Å²) in [5, 5.41) is 2.16. The molecule has 1 heterocycles. The molecule has 26 heavy (non-hydrogen) atoms. The van der Waals surface area contributed by atoms with Gasteiger partial charge in [-0.05, 0) is 30.2 Å². The molecule has 0 aliphatic heterocycles. The van der Waals surface area contributed by atoms with Crippen LogP contribution in [0.25, 0.3) is 32.9 Å². The molecule has 0 radical (unpaired) electrons. The molecule has 0 fully saturated rings. The lowest BCUT2D eigenvalue weighted by Crippen LogP contribution is -2.06. The summed E-state index contributed by atoms with van der Waals surface area (Å²) < 4.78 is 5.45. The van der Waals surface area contributed by atoms with Gasteiger partial charge in [0.15, 0.2) is 0 Å². The Balaban J connectivity index is 1.91. The summed E-state index contributed by atoms with van der Waals surface area (Å²) in [6.07, 6.45) is 1.89. The number of hydrogen-bond donors (Lipinski definition) is 1. The summed E-state index contributed by atoms with van der Waals surface area (Å²) in [7, 11) is 0. The number of benzene rings is 3. The molecule has 4 aromatic rings. The molecule has 4 rings (SSSR count). The SMILES string of the molecule is CCCCOC(=O)c1cc(-c2ccccc2)c2[nH]c3ccccc3c2c1. The van der Waals surface area contributed by atoms with E-state index in [2.05, 4.69) is 36.2 Å². The summed E-state index contributed by atoms with van der Waals surface area (Å²) in [6, 6.07) is 22.2. The van der Waals surface area contributed by atoms with Crippen molar-refractivity contribution in [1.29, 1.82) is 0 Å². The topological polar surface area (TPSA) is 42.1 Å². The van der Waals surface area contributed by atoms with E-state index in [1.165, 1.54) is 0 Å². The number of rotatable bonds is 5. The second kappa shape index (κ2) is 7.04. The van der Waals surface area contributed by atoms with E-state index in [1.807, 2.05) is 42.5 Å².